The highest BCUT2D eigenvalue weighted by molar-refractivity contribution is 7.92. The first-order valence-corrected chi connectivity index (χ1v) is 8.38. The second-order valence-corrected chi connectivity index (χ2v) is 6.39. The van der Waals surface area contributed by atoms with Crippen LogP contribution in [0.5, 0.6) is 0 Å². The maximum absolute atomic E-state index is 12.3. The van der Waals surface area contributed by atoms with Crippen molar-refractivity contribution in [3.8, 4) is 18.2 Å². The predicted molar refractivity (Wildman–Crippen MR) is 91.2 cm³/mol. The fourth-order valence-electron chi connectivity index (χ4n) is 1.87. The third kappa shape index (κ3) is 4.35. The zero-order valence-electron chi connectivity index (χ0n) is 12.8. The summed E-state index contributed by atoms with van der Waals surface area (Å²) in [6, 6.07) is 19.0. The molecule has 25 heavy (non-hydrogen) atoms. The number of anilines is 2. The van der Waals surface area contributed by atoms with Crippen LogP contribution in [0.4, 0.5) is 11.4 Å². The van der Waals surface area contributed by atoms with Crippen LogP contribution in [0.25, 0.3) is 0 Å². The van der Waals surface area contributed by atoms with Crippen molar-refractivity contribution in [2.24, 2.45) is 0 Å². The van der Waals surface area contributed by atoms with E-state index in [1.54, 1.807) is 48.5 Å². The fraction of sp³-hybridized carbons (Fsp3) is 0. The van der Waals surface area contributed by atoms with Gasteiger partial charge >= 0.3 is 0 Å². The zero-order chi connectivity index (χ0) is 18.3. The van der Waals surface area contributed by atoms with Gasteiger partial charge in [-0.1, -0.05) is 18.2 Å². The van der Waals surface area contributed by atoms with Crippen molar-refractivity contribution in [1.29, 1.82) is 15.8 Å². The normalized spacial score (nSPS) is 9.80. The fourth-order valence-corrected chi connectivity index (χ4v) is 2.92. The van der Waals surface area contributed by atoms with E-state index in [4.69, 9.17) is 15.8 Å². The molecule has 2 rings (SSSR count). The van der Waals surface area contributed by atoms with E-state index in [0.717, 1.165) is 0 Å². The van der Waals surface area contributed by atoms with Crippen molar-refractivity contribution >= 4 is 21.4 Å². The molecule has 0 radical (unpaired) electrons. The van der Waals surface area contributed by atoms with Crippen LogP contribution >= 0.6 is 0 Å². The van der Waals surface area contributed by atoms with Crippen LogP contribution in [-0.2, 0) is 10.0 Å². The maximum atomic E-state index is 12.3. The summed E-state index contributed by atoms with van der Waals surface area (Å²) < 4.78 is 27.1. The van der Waals surface area contributed by atoms with Gasteiger partial charge in [-0.3, -0.25) is 4.72 Å². The van der Waals surface area contributed by atoms with Crippen molar-refractivity contribution in [3.63, 3.8) is 0 Å². The van der Waals surface area contributed by atoms with E-state index in [0.29, 0.717) is 11.4 Å². The SMILES string of the molecule is N#CC(C#N)=C(C#N)Nc1ccc(S(=O)(=O)Nc2ccccc2)cc1. The Labute approximate surface area is 145 Å². The highest BCUT2D eigenvalue weighted by atomic mass is 32.2. The largest absolute Gasteiger partial charge is 0.345 e. The maximum Gasteiger partial charge on any atom is 0.261 e. The Morgan fingerprint density at radius 3 is 1.92 bits per heavy atom. The van der Waals surface area contributed by atoms with Crippen LogP contribution in [0, 0.1) is 34.0 Å². The number of rotatable bonds is 5. The number of para-hydroxylation sites is 1. The van der Waals surface area contributed by atoms with E-state index in [-0.39, 0.29) is 16.2 Å². The van der Waals surface area contributed by atoms with Crippen LogP contribution in [0.2, 0.25) is 0 Å². The summed E-state index contributed by atoms with van der Waals surface area (Å²) in [6.45, 7) is 0. The topological polar surface area (TPSA) is 130 Å². The van der Waals surface area contributed by atoms with E-state index in [2.05, 4.69) is 10.0 Å². The van der Waals surface area contributed by atoms with E-state index in [1.165, 1.54) is 24.3 Å². The molecule has 0 bridgehead atoms. The first kappa shape index (κ1) is 17.6. The average Bonchev–Trinajstić information content (AvgIpc) is 2.62. The molecular formula is C17H11N5O2S. The van der Waals surface area contributed by atoms with Gasteiger partial charge in [-0.25, -0.2) is 8.42 Å². The molecule has 0 amide bonds. The third-order valence-electron chi connectivity index (χ3n) is 3.05. The predicted octanol–water partition coefficient (Wildman–Crippen LogP) is 2.72. The first-order valence-electron chi connectivity index (χ1n) is 6.89. The number of allylic oxidation sites excluding steroid dienone is 2. The lowest BCUT2D eigenvalue weighted by molar-refractivity contribution is 0.601. The molecule has 2 aromatic carbocycles. The van der Waals surface area contributed by atoms with Crippen molar-refractivity contribution in [2.75, 3.05) is 10.0 Å². The lowest BCUT2D eigenvalue weighted by Crippen LogP contribution is -2.12. The molecule has 8 heteroatoms. The number of nitriles is 3. The Morgan fingerprint density at radius 1 is 0.800 bits per heavy atom. The summed E-state index contributed by atoms with van der Waals surface area (Å²) in [5.41, 5.74) is 0.248. The molecule has 122 valence electrons. The summed E-state index contributed by atoms with van der Waals surface area (Å²) in [6.07, 6.45) is 0. The lowest BCUT2D eigenvalue weighted by atomic mass is 10.2. The summed E-state index contributed by atoms with van der Waals surface area (Å²) in [4.78, 5) is 0.0326. The molecular weight excluding hydrogens is 338 g/mol. The highest BCUT2D eigenvalue weighted by Gasteiger charge is 2.14. The summed E-state index contributed by atoms with van der Waals surface area (Å²) >= 11 is 0. The number of hydrogen-bond acceptors (Lipinski definition) is 6. The van der Waals surface area contributed by atoms with Crippen molar-refractivity contribution in [2.45, 2.75) is 4.90 Å². The molecule has 0 saturated carbocycles. The number of benzene rings is 2. The molecule has 0 aromatic heterocycles. The van der Waals surface area contributed by atoms with E-state index in [1.807, 2.05) is 0 Å². The van der Waals surface area contributed by atoms with Gasteiger partial charge in [0.1, 0.15) is 23.9 Å². The summed E-state index contributed by atoms with van der Waals surface area (Å²) in [5, 5.41) is 29.2. The summed E-state index contributed by atoms with van der Waals surface area (Å²) in [7, 11) is -3.75. The first-order chi connectivity index (χ1) is 12.0. The number of nitrogens with one attached hydrogen (secondary N) is 2. The van der Waals surface area contributed by atoms with Gasteiger partial charge in [-0.15, -0.1) is 0 Å². The molecule has 2 N–H and O–H groups in total. The van der Waals surface area contributed by atoms with Crippen LogP contribution < -0.4 is 10.0 Å². The van der Waals surface area contributed by atoms with Gasteiger partial charge in [0.2, 0.25) is 0 Å². The molecule has 7 nitrogen and oxygen atoms in total. The second-order valence-electron chi connectivity index (χ2n) is 4.71. The highest BCUT2D eigenvalue weighted by Crippen LogP contribution is 2.19. The van der Waals surface area contributed by atoms with E-state index in [9.17, 15) is 8.42 Å². The Morgan fingerprint density at radius 2 is 1.40 bits per heavy atom. The monoisotopic (exact) mass is 349 g/mol. The molecule has 0 unspecified atom stereocenters. The van der Waals surface area contributed by atoms with Gasteiger partial charge < -0.3 is 5.32 Å². The van der Waals surface area contributed by atoms with Gasteiger partial charge in [-0.05, 0) is 36.4 Å². The molecule has 0 fully saturated rings. The molecule has 0 aliphatic carbocycles. The van der Waals surface area contributed by atoms with Gasteiger partial charge in [0.15, 0.2) is 5.57 Å². The third-order valence-corrected chi connectivity index (χ3v) is 4.44. The molecule has 0 spiro atoms. The Balaban J connectivity index is 2.23. The van der Waals surface area contributed by atoms with Crippen LogP contribution in [0.3, 0.4) is 0 Å². The summed E-state index contributed by atoms with van der Waals surface area (Å²) in [5.74, 6) is 0. The molecule has 0 heterocycles. The van der Waals surface area contributed by atoms with E-state index < -0.39 is 10.0 Å². The van der Waals surface area contributed by atoms with Gasteiger partial charge in [0, 0.05) is 11.4 Å². The molecule has 0 aliphatic heterocycles. The minimum Gasteiger partial charge on any atom is -0.345 e. The van der Waals surface area contributed by atoms with Crippen LogP contribution in [0.1, 0.15) is 0 Å². The number of nitrogens with zero attached hydrogens (tertiary/aromatic N) is 3. The standard InChI is InChI=1S/C17H11N5O2S/c18-10-13(11-19)17(12-20)21-14-6-8-16(9-7-14)25(23,24)22-15-4-2-1-3-5-15/h1-9,21-22H. The van der Waals surface area contributed by atoms with E-state index >= 15 is 0 Å². The average molecular weight is 349 g/mol. The van der Waals surface area contributed by atoms with Crippen molar-refractivity contribution in [3.05, 3.63) is 65.9 Å². The number of sulfonamides is 1. The van der Waals surface area contributed by atoms with Crippen LogP contribution in [-0.4, -0.2) is 8.42 Å². The van der Waals surface area contributed by atoms with Crippen LogP contribution in [0.15, 0.2) is 70.8 Å². The molecule has 0 saturated heterocycles. The second kappa shape index (κ2) is 7.65. The quantitative estimate of drug-likeness (QED) is 0.798. The van der Waals surface area contributed by atoms with Gasteiger partial charge in [0.25, 0.3) is 10.0 Å². The Hall–Kier alpha value is -3.80. The van der Waals surface area contributed by atoms with Crippen molar-refractivity contribution in [1.82, 2.24) is 0 Å². The Bertz CT molecular complexity index is 1010. The molecule has 0 aliphatic rings. The Kier molecular flexibility index (Phi) is 5.37. The lowest BCUT2D eigenvalue weighted by Gasteiger charge is -2.09. The zero-order valence-corrected chi connectivity index (χ0v) is 13.6. The number of hydrogen-bond donors (Lipinski definition) is 2. The minimum atomic E-state index is -3.75. The van der Waals surface area contributed by atoms with Gasteiger partial charge in [-0.2, -0.15) is 15.8 Å². The minimum absolute atomic E-state index is 0.0326. The van der Waals surface area contributed by atoms with Gasteiger partial charge in [0.05, 0.1) is 4.90 Å². The molecule has 0 atom stereocenters. The molecule has 2 aromatic rings. The smallest absolute Gasteiger partial charge is 0.261 e. The van der Waals surface area contributed by atoms with Crippen molar-refractivity contribution < 1.29 is 8.42 Å².